The molecule has 0 fully saturated rings. The number of ether oxygens (including phenoxy) is 1. The third-order valence-electron chi connectivity index (χ3n) is 3.44. The minimum Gasteiger partial charge on any atom is -0.377 e. The molecule has 0 saturated carbocycles. The Kier molecular flexibility index (Phi) is 5.10. The van der Waals surface area contributed by atoms with Crippen molar-refractivity contribution in [1.29, 1.82) is 0 Å². The molecular formula is C18H19N3OS. The predicted molar refractivity (Wildman–Crippen MR) is 92.8 cm³/mol. The third-order valence-corrected chi connectivity index (χ3v) is 4.44. The molecule has 1 aromatic heterocycles. The van der Waals surface area contributed by atoms with E-state index in [1.54, 1.807) is 18.9 Å². The van der Waals surface area contributed by atoms with Crippen molar-refractivity contribution in [3.8, 4) is 5.69 Å². The summed E-state index contributed by atoms with van der Waals surface area (Å²) in [6.07, 6.45) is 0. The van der Waals surface area contributed by atoms with E-state index in [2.05, 4.69) is 64.2 Å². The van der Waals surface area contributed by atoms with Crippen molar-refractivity contribution in [2.24, 2.45) is 0 Å². The van der Waals surface area contributed by atoms with Crippen LogP contribution in [0.1, 0.15) is 17.0 Å². The van der Waals surface area contributed by atoms with E-state index in [1.165, 1.54) is 11.1 Å². The highest BCUT2D eigenvalue weighted by Crippen LogP contribution is 2.25. The van der Waals surface area contributed by atoms with Crippen LogP contribution in [0.4, 0.5) is 0 Å². The molecule has 0 atom stereocenters. The molecule has 4 nitrogen and oxygen atoms in total. The van der Waals surface area contributed by atoms with Gasteiger partial charge in [-0.1, -0.05) is 54.2 Å². The fourth-order valence-corrected chi connectivity index (χ4v) is 3.29. The van der Waals surface area contributed by atoms with Crippen molar-refractivity contribution < 1.29 is 4.74 Å². The number of aryl methyl sites for hydroxylation is 1. The van der Waals surface area contributed by atoms with E-state index in [1.807, 2.05) is 12.1 Å². The van der Waals surface area contributed by atoms with Crippen molar-refractivity contribution in [2.75, 3.05) is 7.11 Å². The van der Waals surface area contributed by atoms with Gasteiger partial charge in [-0.2, -0.15) is 0 Å². The van der Waals surface area contributed by atoms with Gasteiger partial charge in [0.2, 0.25) is 0 Å². The Morgan fingerprint density at radius 2 is 1.87 bits per heavy atom. The largest absolute Gasteiger partial charge is 0.377 e. The fourth-order valence-electron chi connectivity index (χ4n) is 2.36. The van der Waals surface area contributed by atoms with Crippen molar-refractivity contribution in [3.63, 3.8) is 0 Å². The lowest BCUT2D eigenvalue weighted by Crippen LogP contribution is -2.04. The van der Waals surface area contributed by atoms with E-state index in [4.69, 9.17) is 4.74 Å². The molecular weight excluding hydrogens is 306 g/mol. The highest BCUT2D eigenvalue weighted by atomic mass is 32.2. The third kappa shape index (κ3) is 3.81. The van der Waals surface area contributed by atoms with Gasteiger partial charge in [-0.15, -0.1) is 10.2 Å². The van der Waals surface area contributed by atoms with Crippen LogP contribution in [-0.4, -0.2) is 21.9 Å². The van der Waals surface area contributed by atoms with E-state index >= 15 is 0 Å². The molecule has 0 unspecified atom stereocenters. The summed E-state index contributed by atoms with van der Waals surface area (Å²) in [6, 6.07) is 18.7. The van der Waals surface area contributed by atoms with E-state index in [0.29, 0.717) is 6.61 Å². The van der Waals surface area contributed by atoms with E-state index < -0.39 is 0 Å². The van der Waals surface area contributed by atoms with Gasteiger partial charge in [-0.3, -0.25) is 4.57 Å². The summed E-state index contributed by atoms with van der Waals surface area (Å²) >= 11 is 1.68. The second-order valence-electron chi connectivity index (χ2n) is 5.28. The van der Waals surface area contributed by atoms with Gasteiger partial charge in [0.15, 0.2) is 11.0 Å². The van der Waals surface area contributed by atoms with Crippen LogP contribution in [0.3, 0.4) is 0 Å². The second kappa shape index (κ2) is 7.44. The van der Waals surface area contributed by atoms with Crippen LogP contribution in [-0.2, 0) is 17.1 Å². The molecule has 0 aliphatic rings. The van der Waals surface area contributed by atoms with Gasteiger partial charge in [-0.25, -0.2) is 0 Å². The van der Waals surface area contributed by atoms with Gasteiger partial charge in [0, 0.05) is 18.6 Å². The van der Waals surface area contributed by atoms with Crippen LogP contribution in [0.15, 0.2) is 59.8 Å². The average Bonchev–Trinajstić information content (AvgIpc) is 2.97. The van der Waals surface area contributed by atoms with Crippen molar-refractivity contribution in [2.45, 2.75) is 24.4 Å². The summed E-state index contributed by atoms with van der Waals surface area (Å²) in [5.74, 6) is 1.67. The van der Waals surface area contributed by atoms with Crippen molar-refractivity contribution in [1.82, 2.24) is 14.8 Å². The molecule has 2 aromatic carbocycles. The van der Waals surface area contributed by atoms with Gasteiger partial charge >= 0.3 is 0 Å². The summed E-state index contributed by atoms with van der Waals surface area (Å²) in [4.78, 5) is 0. The lowest BCUT2D eigenvalue weighted by Gasteiger charge is -2.10. The first-order valence-electron chi connectivity index (χ1n) is 7.45. The molecule has 0 aliphatic heterocycles. The minimum atomic E-state index is 0.437. The first-order valence-corrected chi connectivity index (χ1v) is 8.43. The number of hydrogen-bond donors (Lipinski definition) is 0. The molecule has 5 heteroatoms. The molecule has 3 rings (SSSR count). The number of aromatic nitrogens is 3. The summed E-state index contributed by atoms with van der Waals surface area (Å²) < 4.78 is 7.34. The highest BCUT2D eigenvalue weighted by Gasteiger charge is 2.14. The Labute approximate surface area is 140 Å². The van der Waals surface area contributed by atoms with Crippen LogP contribution in [0, 0.1) is 6.92 Å². The molecule has 0 amide bonds. The molecule has 0 radical (unpaired) electrons. The van der Waals surface area contributed by atoms with Crippen LogP contribution in [0.2, 0.25) is 0 Å². The molecule has 0 spiro atoms. The number of benzene rings is 2. The average molecular weight is 325 g/mol. The van der Waals surface area contributed by atoms with Crippen molar-refractivity contribution >= 4 is 11.8 Å². The minimum absolute atomic E-state index is 0.437. The van der Waals surface area contributed by atoms with E-state index in [-0.39, 0.29) is 0 Å². The summed E-state index contributed by atoms with van der Waals surface area (Å²) in [5, 5.41) is 9.52. The number of nitrogens with zero attached hydrogens (tertiary/aromatic N) is 3. The number of methoxy groups -OCH3 is 1. The molecule has 0 N–H and O–H groups in total. The van der Waals surface area contributed by atoms with Gasteiger partial charge < -0.3 is 4.74 Å². The highest BCUT2D eigenvalue weighted by molar-refractivity contribution is 7.98. The summed E-state index contributed by atoms with van der Waals surface area (Å²) in [7, 11) is 1.67. The Morgan fingerprint density at radius 3 is 2.61 bits per heavy atom. The first kappa shape index (κ1) is 15.8. The van der Waals surface area contributed by atoms with Gasteiger partial charge in [0.25, 0.3) is 0 Å². The second-order valence-corrected chi connectivity index (χ2v) is 6.22. The number of rotatable bonds is 6. The number of thioether (sulfide) groups is 1. The van der Waals surface area contributed by atoms with Crippen LogP contribution >= 0.6 is 11.8 Å². The predicted octanol–water partition coefficient (Wildman–Crippen LogP) is 4.01. The SMILES string of the molecule is COCc1nnc(SCc2ccccc2)n1-c1cccc(C)c1. The Morgan fingerprint density at radius 1 is 1.04 bits per heavy atom. The standard InChI is InChI=1S/C18H19N3OS/c1-14-7-6-10-16(11-14)21-17(12-22-2)19-20-18(21)23-13-15-8-4-3-5-9-15/h3-11H,12-13H2,1-2H3. The molecule has 0 saturated heterocycles. The van der Waals surface area contributed by atoms with Crippen LogP contribution < -0.4 is 0 Å². The topological polar surface area (TPSA) is 39.9 Å². The zero-order valence-electron chi connectivity index (χ0n) is 13.3. The normalized spacial score (nSPS) is 10.9. The summed E-state index contributed by atoms with van der Waals surface area (Å²) in [5.41, 5.74) is 3.54. The van der Waals surface area contributed by atoms with E-state index in [9.17, 15) is 0 Å². The Balaban J connectivity index is 1.91. The zero-order chi connectivity index (χ0) is 16.1. The molecule has 118 valence electrons. The Hall–Kier alpha value is -2.11. The Bertz CT molecular complexity index is 771. The van der Waals surface area contributed by atoms with Gasteiger partial charge in [0.1, 0.15) is 6.61 Å². The molecule has 0 aliphatic carbocycles. The summed E-state index contributed by atoms with van der Waals surface area (Å²) in [6.45, 7) is 2.52. The maximum Gasteiger partial charge on any atom is 0.196 e. The van der Waals surface area contributed by atoms with E-state index in [0.717, 1.165) is 22.4 Å². The zero-order valence-corrected chi connectivity index (χ0v) is 14.1. The van der Waals surface area contributed by atoms with Crippen LogP contribution in [0.25, 0.3) is 5.69 Å². The lowest BCUT2D eigenvalue weighted by molar-refractivity contribution is 0.176. The smallest absolute Gasteiger partial charge is 0.196 e. The molecule has 0 bridgehead atoms. The monoisotopic (exact) mass is 325 g/mol. The van der Waals surface area contributed by atoms with Gasteiger partial charge in [-0.05, 0) is 30.2 Å². The maximum absolute atomic E-state index is 5.26. The van der Waals surface area contributed by atoms with Gasteiger partial charge in [0.05, 0.1) is 0 Å². The van der Waals surface area contributed by atoms with Crippen LogP contribution in [0.5, 0.6) is 0 Å². The molecule has 3 aromatic rings. The molecule has 1 heterocycles. The molecule has 23 heavy (non-hydrogen) atoms. The maximum atomic E-state index is 5.26. The number of hydrogen-bond acceptors (Lipinski definition) is 4. The lowest BCUT2D eigenvalue weighted by atomic mass is 10.2. The fraction of sp³-hybridized carbons (Fsp3) is 0.222. The first-order chi connectivity index (χ1) is 11.3. The van der Waals surface area contributed by atoms with Crippen molar-refractivity contribution in [3.05, 3.63) is 71.5 Å². The quantitative estimate of drug-likeness (QED) is 0.642.